The molecule has 6 nitrogen and oxygen atoms in total. The predicted molar refractivity (Wildman–Crippen MR) is 203 cm³/mol. The van der Waals surface area contributed by atoms with Gasteiger partial charge in [0.25, 0.3) is 10.0 Å². The van der Waals surface area contributed by atoms with Crippen LogP contribution in [0.15, 0.2) is 53.4 Å². The lowest BCUT2D eigenvalue weighted by Crippen LogP contribution is -2.59. The van der Waals surface area contributed by atoms with Crippen molar-refractivity contribution in [2.45, 2.75) is 93.0 Å². The molecule has 2 N–H and O–H groups in total. The van der Waals surface area contributed by atoms with Gasteiger partial charge in [0.2, 0.25) is 11.2 Å². The van der Waals surface area contributed by atoms with Gasteiger partial charge in [-0.05, 0) is 99.8 Å². The predicted octanol–water partition coefficient (Wildman–Crippen LogP) is 11.9. The van der Waals surface area contributed by atoms with Gasteiger partial charge in [0.15, 0.2) is 8.32 Å². The standard InChI is InChI=1S/C23H23Cl2F4NO3SSi.C13H9Cl2F4NO/c1-13-5-7-14(8-6-13)34(31,32)30-17-11-10-16(24)20(25)19(17)15-9-12-18(26)22(21(15)30,23(27,28)29)33-35(2,3)4;14-6-2-3-7-9(10(6)15)5-1-4-8(16)12(21,11(5)20-7)13(17,18)19/h5-8,10-11,18H,9,12H2,1-4H3;2-3,8,20-21H,1,4H2. The number of nitrogens with zero attached hydrogens (tertiary/aromatic N) is 1. The molecular weight excluding hydrogens is 878 g/mol. The van der Waals surface area contributed by atoms with E-state index in [2.05, 4.69) is 4.98 Å². The maximum Gasteiger partial charge on any atom is 0.425 e. The van der Waals surface area contributed by atoms with E-state index in [4.69, 9.17) is 50.8 Å². The van der Waals surface area contributed by atoms with Gasteiger partial charge >= 0.3 is 12.4 Å². The van der Waals surface area contributed by atoms with Crippen molar-refractivity contribution < 1.29 is 53.1 Å². The van der Waals surface area contributed by atoms with Gasteiger partial charge in [-0.25, -0.2) is 21.2 Å². The van der Waals surface area contributed by atoms with Gasteiger partial charge in [-0.2, -0.15) is 26.3 Å². The number of H-pyrrole nitrogens is 1. The van der Waals surface area contributed by atoms with Crippen LogP contribution in [0.5, 0.6) is 0 Å². The SMILES string of the molecule is Cc1ccc(S(=O)(=O)n2c3c(c4c(Cl)c(Cl)ccc42)CCC(F)C3(O[Si](C)(C)C)C(F)(F)F)cc1.OC1(C(F)(F)F)c2[nH]c3ccc(Cl)c(Cl)c3c2CCC1F. The smallest absolute Gasteiger partial charge is 0.397 e. The number of halogens is 12. The minimum absolute atomic E-state index is 0.0346. The lowest BCUT2D eigenvalue weighted by molar-refractivity contribution is -0.292. The van der Waals surface area contributed by atoms with E-state index in [1.54, 1.807) is 6.92 Å². The van der Waals surface area contributed by atoms with E-state index in [1.807, 2.05) is 0 Å². The molecule has 3 aromatic carbocycles. The van der Waals surface area contributed by atoms with E-state index in [0.29, 0.717) is 9.36 Å². The second-order valence-electron chi connectivity index (χ2n) is 14.7. The van der Waals surface area contributed by atoms with E-state index < -0.39 is 78.5 Å². The summed E-state index contributed by atoms with van der Waals surface area (Å²) in [7, 11) is -7.74. The minimum atomic E-state index is -5.27. The fourth-order valence-corrected chi connectivity index (χ4v) is 11.2. The van der Waals surface area contributed by atoms with Crippen molar-refractivity contribution in [2.75, 3.05) is 0 Å². The van der Waals surface area contributed by atoms with Gasteiger partial charge in [-0.15, -0.1) is 0 Å². The number of hydrogen-bond acceptors (Lipinski definition) is 4. The Hall–Kier alpha value is -2.57. The third-order valence-electron chi connectivity index (χ3n) is 9.84. The molecule has 2 aliphatic carbocycles. The first kappa shape index (κ1) is 43.0. The van der Waals surface area contributed by atoms with Crippen molar-refractivity contribution in [3.05, 3.63) is 96.7 Å². The molecule has 4 unspecified atom stereocenters. The maximum absolute atomic E-state index is 15.7. The number of benzene rings is 3. The summed E-state index contributed by atoms with van der Waals surface area (Å²) < 4.78 is 148. The molecule has 0 saturated carbocycles. The quantitative estimate of drug-likeness (QED) is 0.139. The number of hydrogen-bond donors (Lipinski definition) is 2. The van der Waals surface area contributed by atoms with Gasteiger partial charge in [0.1, 0.15) is 12.3 Å². The van der Waals surface area contributed by atoms with Crippen LogP contribution in [0.1, 0.15) is 40.9 Å². The number of aromatic amines is 1. The molecule has 20 heteroatoms. The van der Waals surface area contributed by atoms with Crippen LogP contribution < -0.4 is 0 Å². The maximum atomic E-state index is 15.7. The van der Waals surface area contributed by atoms with Crippen molar-refractivity contribution in [2.24, 2.45) is 0 Å². The Bertz CT molecular complexity index is 2470. The van der Waals surface area contributed by atoms with Crippen LogP contribution in [-0.2, 0) is 38.5 Å². The average molecular weight is 911 g/mol. The Morgan fingerprint density at radius 1 is 0.804 bits per heavy atom. The van der Waals surface area contributed by atoms with Crippen LogP contribution in [0, 0.1) is 6.92 Å². The van der Waals surface area contributed by atoms with E-state index in [9.17, 15) is 44.3 Å². The third kappa shape index (κ3) is 6.73. The molecule has 2 aromatic heterocycles. The largest absolute Gasteiger partial charge is 0.425 e. The number of aliphatic hydroxyl groups is 1. The first-order valence-electron chi connectivity index (χ1n) is 16.9. The molecule has 5 aromatic rings. The van der Waals surface area contributed by atoms with Gasteiger partial charge in [0, 0.05) is 16.3 Å². The third-order valence-corrected chi connectivity index (χ3v) is 14.1. The highest BCUT2D eigenvalue weighted by molar-refractivity contribution is 7.90. The minimum Gasteiger partial charge on any atom is -0.397 e. The monoisotopic (exact) mass is 908 g/mol. The number of nitrogens with one attached hydrogen (secondary N) is 1. The Morgan fingerprint density at radius 2 is 1.34 bits per heavy atom. The number of aromatic nitrogens is 2. The van der Waals surface area contributed by atoms with Crippen LogP contribution in [0.2, 0.25) is 39.7 Å². The molecular formula is C36H32Cl4F8N2O4SSi. The molecule has 56 heavy (non-hydrogen) atoms. The fourth-order valence-electron chi connectivity index (χ4n) is 7.45. The summed E-state index contributed by atoms with van der Waals surface area (Å²) in [6.07, 6.45) is -16.5. The molecule has 0 fully saturated rings. The highest BCUT2D eigenvalue weighted by Gasteiger charge is 2.68. The summed E-state index contributed by atoms with van der Waals surface area (Å²) in [4.78, 5) is 2.21. The van der Waals surface area contributed by atoms with Crippen LogP contribution in [0.4, 0.5) is 35.1 Å². The van der Waals surface area contributed by atoms with Crippen molar-refractivity contribution >= 4 is 86.6 Å². The molecule has 4 atom stereocenters. The first-order chi connectivity index (χ1) is 25.7. The van der Waals surface area contributed by atoms with Crippen LogP contribution in [0.25, 0.3) is 21.8 Å². The van der Waals surface area contributed by atoms with E-state index in [-0.39, 0.29) is 65.4 Å². The Balaban J connectivity index is 0.000000215. The molecule has 0 spiro atoms. The van der Waals surface area contributed by atoms with Crippen LogP contribution in [0.3, 0.4) is 0 Å². The number of aryl methyl sites for hydroxylation is 3. The molecule has 0 bridgehead atoms. The summed E-state index contributed by atoms with van der Waals surface area (Å²) in [6, 6.07) is 11.1. The molecule has 2 aliphatic rings. The number of fused-ring (bicyclic) bond motifs is 6. The summed E-state index contributed by atoms with van der Waals surface area (Å²) >= 11 is 24.5. The second-order valence-corrected chi connectivity index (χ2v) is 22.4. The lowest BCUT2D eigenvalue weighted by atomic mass is 9.81. The summed E-state index contributed by atoms with van der Waals surface area (Å²) in [5.41, 5.74) is -7.41. The summed E-state index contributed by atoms with van der Waals surface area (Å²) in [6.45, 7) is 6.22. The zero-order chi connectivity index (χ0) is 41.7. The summed E-state index contributed by atoms with van der Waals surface area (Å²) in [5.74, 6) is 0. The van der Waals surface area contributed by atoms with Crippen molar-refractivity contribution in [3.63, 3.8) is 0 Å². The molecule has 7 rings (SSSR count). The van der Waals surface area contributed by atoms with Gasteiger partial charge in [0.05, 0.1) is 41.9 Å². The Labute approximate surface area is 336 Å². The average Bonchev–Trinajstić information content (AvgIpc) is 3.64. The second kappa shape index (κ2) is 14.3. The molecule has 304 valence electrons. The molecule has 0 saturated heterocycles. The molecule has 0 radical (unpaired) electrons. The summed E-state index contributed by atoms with van der Waals surface area (Å²) in [5, 5.41) is 10.5. The van der Waals surface area contributed by atoms with Gasteiger partial charge < -0.3 is 14.5 Å². The van der Waals surface area contributed by atoms with Crippen molar-refractivity contribution in [1.82, 2.24) is 8.96 Å². The lowest BCUT2D eigenvalue weighted by Gasteiger charge is -2.45. The van der Waals surface area contributed by atoms with Crippen molar-refractivity contribution in [3.8, 4) is 0 Å². The fraction of sp³-hybridized carbons (Fsp3) is 0.389. The molecule has 0 amide bonds. The van der Waals surface area contributed by atoms with Crippen molar-refractivity contribution in [1.29, 1.82) is 0 Å². The highest BCUT2D eigenvalue weighted by atomic mass is 35.5. The highest BCUT2D eigenvalue weighted by Crippen LogP contribution is 2.56. The topological polar surface area (TPSA) is 84.3 Å². The normalized spacial score (nSPS) is 23.2. The van der Waals surface area contributed by atoms with Crippen LogP contribution in [-0.4, -0.2) is 55.5 Å². The first-order valence-corrected chi connectivity index (χ1v) is 23.2. The van der Waals surface area contributed by atoms with Gasteiger partial charge in [-0.3, -0.25) is 0 Å². The number of alkyl halides is 8. The number of rotatable bonds is 4. The zero-order valence-corrected chi connectivity index (χ0v) is 34.5. The van der Waals surface area contributed by atoms with E-state index in [1.165, 1.54) is 68.2 Å². The molecule has 2 heterocycles. The van der Waals surface area contributed by atoms with E-state index in [0.717, 1.165) is 5.56 Å². The molecule has 0 aliphatic heterocycles. The Kier molecular flexibility index (Phi) is 11.0. The van der Waals surface area contributed by atoms with E-state index >= 15 is 4.39 Å². The van der Waals surface area contributed by atoms with Gasteiger partial charge in [-0.1, -0.05) is 64.1 Å². The zero-order valence-electron chi connectivity index (χ0n) is 29.7. The van der Waals surface area contributed by atoms with Crippen LogP contribution >= 0.6 is 46.4 Å². The Morgan fingerprint density at radius 3 is 1.89 bits per heavy atom.